The highest BCUT2D eigenvalue weighted by molar-refractivity contribution is 6.11. The molecule has 1 amide bonds. The number of H-pyrrole nitrogens is 1. The van der Waals surface area contributed by atoms with Crippen LogP contribution in [0.5, 0.6) is 0 Å². The van der Waals surface area contributed by atoms with Crippen molar-refractivity contribution in [1.82, 2.24) is 14.8 Å². The van der Waals surface area contributed by atoms with Gasteiger partial charge in [0.1, 0.15) is 5.69 Å². The van der Waals surface area contributed by atoms with Crippen molar-refractivity contribution in [2.24, 2.45) is 5.92 Å². The summed E-state index contributed by atoms with van der Waals surface area (Å²) >= 11 is 0. The van der Waals surface area contributed by atoms with Gasteiger partial charge in [-0.15, -0.1) is 0 Å². The smallest absolute Gasteiger partial charge is 0.329 e. The molecule has 0 atom stereocenters. The molecule has 9 heteroatoms. The predicted octanol–water partition coefficient (Wildman–Crippen LogP) is 4.58. The first-order chi connectivity index (χ1) is 14.3. The van der Waals surface area contributed by atoms with E-state index in [1.807, 2.05) is 0 Å². The molecule has 158 valence electrons. The topological polar surface area (TPSA) is 79.8 Å². The van der Waals surface area contributed by atoms with Crippen molar-refractivity contribution in [2.45, 2.75) is 44.8 Å². The molecule has 1 fully saturated rings. The molecule has 0 unspecified atom stereocenters. The Kier molecular flexibility index (Phi) is 5.36. The maximum absolute atomic E-state index is 13.3. The molecule has 0 bridgehead atoms. The van der Waals surface area contributed by atoms with Crippen molar-refractivity contribution in [3.8, 4) is 0 Å². The molecule has 3 aromatic rings. The van der Waals surface area contributed by atoms with Crippen LogP contribution in [0, 0.1) is 5.92 Å². The van der Waals surface area contributed by atoms with Crippen LogP contribution in [0.4, 0.5) is 18.9 Å². The Labute approximate surface area is 170 Å². The second-order valence-electron chi connectivity index (χ2n) is 7.66. The van der Waals surface area contributed by atoms with Crippen molar-refractivity contribution >= 4 is 22.5 Å². The van der Waals surface area contributed by atoms with Crippen molar-refractivity contribution in [1.29, 1.82) is 0 Å². The summed E-state index contributed by atoms with van der Waals surface area (Å²) in [7, 11) is 0. The molecular formula is C21H21F3N4O2. The highest BCUT2D eigenvalue weighted by Gasteiger charge is 2.32. The van der Waals surface area contributed by atoms with Crippen LogP contribution in [0.15, 0.2) is 41.3 Å². The molecule has 2 N–H and O–H groups in total. The van der Waals surface area contributed by atoms with E-state index in [1.54, 1.807) is 0 Å². The van der Waals surface area contributed by atoms with Gasteiger partial charge in [0, 0.05) is 29.9 Å². The monoisotopic (exact) mass is 418 g/mol. The van der Waals surface area contributed by atoms with Crippen LogP contribution in [0.2, 0.25) is 0 Å². The van der Waals surface area contributed by atoms with E-state index in [2.05, 4.69) is 15.4 Å². The number of amides is 1. The highest BCUT2D eigenvalue weighted by Crippen LogP contribution is 2.33. The summed E-state index contributed by atoms with van der Waals surface area (Å²) < 4.78 is 41.3. The number of nitrogens with one attached hydrogen (secondary N) is 2. The third kappa shape index (κ3) is 4.24. The first-order valence-corrected chi connectivity index (χ1v) is 9.89. The minimum atomic E-state index is -4.53. The third-order valence-corrected chi connectivity index (χ3v) is 5.47. The predicted molar refractivity (Wildman–Crippen MR) is 106 cm³/mol. The maximum atomic E-state index is 13.3. The first kappa shape index (κ1) is 20.2. The van der Waals surface area contributed by atoms with Gasteiger partial charge in [-0.05, 0) is 43.0 Å². The van der Waals surface area contributed by atoms with E-state index in [9.17, 15) is 22.8 Å². The number of alkyl halides is 3. The number of rotatable bonds is 4. The summed E-state index contributed by atoms with van der Waals surface area (Å²) in [6, 6.07) is 5.94. The number of anilines is 1. The van der Waals surface area contributed by atoms with Crippen LogP contribution in [0.3, 0.4) is 0 Å². The molecule has 2 aromatic heterocycles. The molecule has 1 aliphatic rings. The molecule has 6 nitrogen and oxygen atoms in total. The van der Waals surface area contributed by atoms with E-state index < -0.39 is 23.2 Å². The van der Waals surface area contributed by atoms with Gasteiger partial charge in [0.05, 0.1) is 11.1 Å². The van der Waals surface area contributed by atoms with Crippen LogP contribution in [0.1, 0.15) is 48.2 Å². The fourth-order valence-electron chi connectivity index (χ4n) is 4.01. The second kappa shape index (κ2) is 7.97. The lowest BCUT2D eigenvalue weighted by Crippen LogP contribution is -2.22. The number of pyridine rings is 1. The van der Waals surface area contributed by atoms with Gasteiger partial charge in [-0.1, -0.05) is 19.3 Å². The number of carbonyl (C=O) groups is 1. The van der Waals surface area contributed by atoms with Crippen LogP contribution in [0.25, 0.3) is 10.9 Å². The van der Waals surface area contributed by atoms with Crippen molar-refractivity contribution < 1.29 is 18.0 Å². The van der Waals surface area contributed by atoms with E-state index in [0.717, 1.165) is 37.8 Å². The zero-order valence-electron chi connectivity index (χ0n) is 16.1. The summed E-state index contributed by atoms with van der Waals surface area (Å²) in [4.78, 5) is 27.0. The van der Waals surface area contributed by atoms with E-state index in [-0.39, 0.29) is 16.8 Å². The second-order valence-corrected chi connectivity index (χ2v) is 7.66. The van der Waals surface area contributed by atoms with Gasteiger partial charge in [-0.2, -0.15) is 18.3 Å². The van der Waals surface area contributed by atoms with Crippen molar-refractivity contribution in [3.05, 3.63) is 58.1 Å². The molecule has 0 radical (unpaired) electrons. The zero-order chi connectivity index (χ0) is 21.3. The minimum absolute atomic E-state index is 0.0713. The number of halogens is 3. The number of aromatic nitrogens is 3. The molecule has 30 heavy (non-hydrogen) atoms. The molecule has 1 saturated carbocycles. The number of aromatic amines is 1. The van der Waals surface area contributed by atoms with E-state index in [4.69, 9.17) is 0 Å². The van der Waals surface area contributed by atoms with Gasteiger partial charge in [-0.3, -0.25) is 14.3 Å². The fourth-order valence-corrected chi connectivity index (χ4v) is 4.01. The van der Waals surface area contributed by atoms with Crippen LogP contribution in [-0.4, -0.2) is 20.7 Å². The fraction of sp³-hybridized carbons (Fsp3) is 0.381. The van der Waals surface area contributed by atoms with Crippen LogP contribution >= 0.6 is 0 Å². The standard InChI is InChI=1S/C21H21F3N4O2/c22-21(23,24)14-6-7-17-16(10-14)19(20(30)26-15-8-9-25-18(29)11-15)28(27-17)12-13-4-2-1-3-5-13/h6-11,13H,1-5,12H2,(H2,25,26,29,30). The van der Waals surface area contributed by atoms with Gasteiger partial charge < -0.3 is 10.3 Å². The highest BCUT2D eigenvalue weighted by atomic mass is 19.4. The molecule has 4 rings (SSSR count). The van der Waals surface area contributed by atoms with Crippen molar-refractivity contribution in [2.75, 3.05) is 5.32 Å². The average Bonchev–Trinajstić information content (AvgIpc) is 3.05. The summed E-state index contributed by atoms with van der Waals surface area (Å²) in [5, 5.41) is 7.18. The maximum Gasteiger partial charge on any atom is 0.416 e. The lowest BCUT2D eigenvalue weighted by atomic mass is 9.89. The molecule has 0 saturated heterocycles. The molecule has 1 aliphatic carbocycles. The summed E-state index contributed by atoms with van der Waals surface area (Å²) in [6.07, 6.45) is 2.22. The Hall–Kier alpha value is -3.10. The van der Waals surface area contributed by atoms with Gasteiger partial charge in [-0.25, -0.2) is 0 Å². The Balaban J connectivity index is 1.76. The third-order valence-electron chi connectivity index (χ3n) is 5.47. The summed E-state index contributed by atoms with van der Waals surface area (Å²) in [5.41, 5.74) is -0.573. The number of benzene rings is 1. The average molecular weight is 418 g/mol. The van der Waals surface area contributed by atoms with E-state index in [0.29, 0.717) is 18.0 Å². The number of hydrogen-bond acceptors (Lipinski definition) is 3. The largest absolute Gasteiger partial charge is 0.416 e. The summed E-state index contributed by atoms with van der Waals surface area (Å²) in [6.45, 7) is 0.466. The molecule has 2 heterocycles. The van der Waals surface area contributed by atoms with Gasteiger partial charge in [0.15, 0.2) is 0 Å². The van der Waals surface area contributed by atoms with Gasteiger partial charge >= 0.3 is 6.18 Å². The Bertz CT molecular complexity index is 1130. The van der Waals surface area contributed by atoms with Gasteiger partial charge in [0.2, 0.25) is 5.56 Å². The molecular weight excluding hydrogens is 397 g/mol. The lowest BCUT2D eigenvalue weighted by molar-refractivity contribution is -0.137. The minimum Gasteiger partial charge on any atom is -0.329 e. The Morgan fingerprint density at radius 2 is 1.93 bits per heavy atom. The van der Waals surface area contributed by atoms with E-state index in [1.165, 1.54) is 35.5 Å². The number of carbonyl (C=O) groups excluding carboxylic acids is 1. The zero-order valence-corrected chi connectivity index (χ0v) is 16.1. The number of hydrogen-bond donors (Lipinski definition) is 2. The van der Waals surface area contributed by atoms with Gasteiger partial charge in [0.25, 0.3) is 5.91 Å². The van der Waals surface area contributed by atoms with Crippen molar-refractivity contribution in [3.63, 3.8) is 0 Å². The van der Waals surface area contributed by atoms with Crippen LogP contribution < -0.4 is 10.9 Å². The Morgan fingerprint density at radius 3 is 2.63 bits per heavy atom. The van der Waals surface area contributed by atoms with E-state index >= 15 is 0 Å². The SMILES string of the molecule is O=C(Nc1cc[nH]c(=O)c1)c1c2cc(C(F)(F)F)ccc2nn1CC1CCCCC1. The molecule has 0 aliphatic heterocycles. The normalized spacial score (nSPS) is 15.4. The molecule has 1 aromatic carbocycles. The number of nitrogens with zero attached hydrogens (tertiary/aromatic N) is 2. The first-order valence-electron chi connectivity index (χ1n) is 9.89. The Morgan fingerprint density at radius 1 is 1.17 bits per heavy atom. The number of fused-ring (bicyclic) bond motifs is 1. The van der Waals surface area contributed by atoms with Crippen LogP contribution in [-0.2, 0) is 12.7 Å². The molecule has 0 spiro atoms. The summed E-state index contributed by atoms with van der Waals surface area (Å²) in [5.74, 6) is -0.278. The quantitative estimate of drug-likeness (QED) is 0.651. The lowest BCUT2D eigenvalue weighted by Gasteiger charge is -2.22.